The highest BCUT2D eigenvalue weighted by molar-refractivity contribution is 5.96. The Hall–Kier alpha value is -1.88. The highest BCUT2D eigenvalue weighted by Crippen LogP contribution is 2.17. The molecule has 0 aromatic heterocycles. The van der Waals surface area contributed by atoms with E-state index in [1.54, 1.807) is 6.92 Å². The molecule has 1 aromatic rings. The van der Waals surface area contributed by atoms with E-state index >= 15 is 0 Å². The van der Waals surface area contributed by atoms with E-state index in [4.69, 9.17) is 0 Å². The van der Waals surface area contributed by atoms with Crippen molar-refractivity contribution < 1.29 is 9.59 Å². The third-order valence-electron chi connectivity index (χ3n) is 4.37. The summed E-state index contributed by atoms with van der Waals surface area (Å²) in [5.74, 6) is -0.305. The number of rotatable bonds is 5. The molecule has 2 rings (SSSR count). The van der Waals surface area contributed by atoms with Crippen LogP contribution < -0.4 is 16.0 Å². The molecular formula is C18H27N3O2. The van der Waals surface area contributed by atoms with Crippen molar-refractivity contribution in [3.63, 3.8) is 0 Å². The van der Waals surface area contributed by atoms with Crippen molar-refractivity contribution in [2.45, 2.75) is 64.1 Å². The van der Waals surface area contributed by atoms with Crippen LogP contribution in [-0.2, 0) is 4.79 Å². The second kappa shape index (κ2) is 8.67. The number of carbonyl (C=O) groups excluding carboxylic acids is 2. The van der Waals surface area contributed by atoms with Gasteiger partial charge in [0, 0.05) is 12.1 Å². The summed E-state index contributed by atoms with van der Waals surface area (Å²) >= 11 is 0. The minimum Gasteiger partial charge on any atom is -0.335 e. The van der Waals surface area contributed by atoms with Gasteiger partial charge in [0.15, 0.2) is 0 Å². The predicted octanol–water partition coefficient (Wildman–Crippen LogP) is 2.88. The summed E-state index contributed by atoms with van der Waals surface area (Å²) in [5, 5.41) is 8.54. The minimum absolute atomic E-state index is 0.0401. The Labute approximate surface area is 138 Å². The van der Waals surface area contributed by atoms with Gasteiger partial charge in [-0.15, -0.1) is 0 Å². The van der Waals surface area contributed by atoms with Gasteiger partial charge >= 0.3 is 6.03 Å². The average molecular weight is 317 g/mol. The maximum absolute atomic E-state index is 12.1. The molecule has 5 nitrogen and oxygen atoms in total. The molecule has 0 saturated heterocycles. The molecule has 1 saturated carbocycles. The van der Waals surface area contributed by atoms with E-state index in [-0.39, 0.29) is 24.0 Å². The third kappa shape index (κ3) is 5.67. The lowest BCUT2D eigenvalue weighted by Crippen LogP contribution is -2.50. The number of nitrogens with one attached hydrogen (secondary N) is 3. The van der Waals surface area contributed by atoms with Gasteiger partial charge in [0.05, 0.1) is 6.04 Å². The molecule has 3 N–H and O–H groups in total. The predicted molar refractivity (Wildman–Crippen MR) is 91.0 cm³/mol. The highest BCUT2D eigenvalue weighted by Gasteiger charge is 2.20. The van der Waals surface area contributed by atoms with Crippen LogP contribution >= 0.6 is 0 Å². The molecule has 1 aliphatic rings. The lowest BCUT2D eigenvalue weighted by molar-refractivity contribution is -0.121. The van der Waals surface area contributed by atoms with Crippen LogP contribution in [0.25, 0.3) is 0 Å². The zero-order valence-corrected chi connectivity index (χ0v) is 14.0. The molecule has 5 heteroatoms. The van der Waals surface area contributed by atoms with Crippen LogP contribution in [0.15, 0.2) is 30.3 Å². The molecule has 0 unspecified atom stereocenters. The van der Waals surface area contributed by atoms with Gasteiger partial charge in [-0.3, -0.25) is 15.4 Å². The molecule has 126 valence electrons. The van der Waals surface area contributed by atoms with Crippen molar-refractivity contribution in [1.82, 2.24) is 16.0 Å². The van der Waals surface area contributed by atoms with Gasteiger partial charge in [-0.25, -0.2) is 4.79 Å². The fourth-order valence-corrected chi connectivity index (χ4v) is 2.98. The summed E-state index contributed by atoms with van der Waals surface area (Å²) in [5.41, 5.74) is 1.11. The molecule has 1 fully saturated rings. The highest BCUT2D eigenvalue weighted by atomic mass is 16.2. The van der Waals surface area contributed by atoms with Crippen LogP contribution in [0.5, 0.6) is 0 Å². The second-order valence-electron chi connectivity index (χ2n) is 6.32. The largest absolute Gasteiger partial charge is 0.335 e. The summed E-state index contributed by atoms with van der Waals surface area (Å²) in [6, 6.07) is 9.33. The van der Waals surface area contributed by atoms with E-state index in [1.807, 2.05) is 37.3 Å². The van der Waals surface area contributed by atoms with Crippen LogP contribution in [0.1, 0.15) is 57.6 Å². The molecule has 3 amide bonds. The summed E-state index contributed by atoms with van der Waals surface area (Å²) in [7, 11) is 0. The first-order chi connectivity index (χ1) is 11.1. The van der Waals surface area contributed by atoms with Crippen LogP contribution in [0.3, 0.4) is 0 Å². The molecule has 1 aliphatic carbocycles. The van der Waals surface area contributed by atoms with Crippen molar-refractivity contribution in [1.29, 1.82) is 0 Å². The number of imide groups is 1. The van der Waals surface area contributed by atoms with E-state index in [0.29, 0.717) is 0 Å². The number of urea groups is 1. The van der Waals surface area contributed by atoms with E-state index in [0.717, 1.165) is 31.2 Å². The van der Waals surface area contributed by atoms with Gasteiger partial charge in [-0.2, -0.15) is 0 Å². The van der Waals surface area contributed by atoms with Gasteiger partial charge < -0.3 is 5.32 Å². The van der Waals surface area contributed by atoms with Crippen molar-refractivity contribution in [2.24, 2.45) is 0 Å². The maximum atomic E-state index is 12.1. The van der Waals surface area contributed by atoms with Gasteiger partial charge in [0.2, 0.25) is 5.91 Å². The van der Waals surface area contributed by atoms with Crippen LogP contribution in [0, 0.1) is 0 Å². The zero-order valence-electron chi connectivity index (χ0n) is 14.0. The summed E-state index contributed by atoms with van der Waals surface area (Å²) < 4.78 is 0. The maximum Gasteiger partial charge on any atom is 0.321 e. The molecular weight excluding hydrogens is 290 g/mol. The smallest absolute Gasteiger partial charge is 0.321 e. The topological polar surface area (TPSA) is 70.2 Å². The van der Waals surface area contributed by atoms with Crippen LogP contribution in [0.2, 0.25) is 0 Å². The van der Waals surface area contributed by atoms with Gasteiger partial charge in [-0.05, 0) is 32.3 Å². The SMILES string of the molecule is C[C@H](N[C@H](C)C(=O)NC(=O)NC1CCCCC1)c1ccccc1. The fraction of sp³-hybridized carbons (Fsp3) is 0.556. The summed E-state index contributed by atoms with van der Waals surface area (Å²) in [4.78, 5) is 24.0. The normalized spacial score (nSPS) is 18.0. The Balaban J connectivity index is 1.76. The molecule has 0 aliphatic heterocycles. The first-order valence-electron chi connectivity index (χ1n) is 8.48. The van der Waals surface area contributed by atoms with E-state index in [1.165, 1.54) is 6.42 Å². The van der Waals surface area contributed by atoms with Crippen molar-refractivity contribution in [3.8, 4) is 0 Å². The molecule has 23 heavy (non-hydrogen) atoms. The van der Waals surface area contributed by atoms with Gasteiger partial charge in [0.25, 0.3) is 0 Å². The minimum atomic E-state index is -0.442. The Morgan fingerprint density at radius 3 is 2.35 bits per heavy atom. The molecule has 0 bridgehead atoms. The van der Waals surface area contributed by atoms with Crippen LogP contribution in [0.4, 0.5) is 4.79 Å². The van der Waals surface area contributed by atoms with Crippen molar-refractivity contribution in [2.75, 3.05) is 0 Å². The monoisotopic (exact) mass is 317 g/mol. The lowest BCUT2D eigenvalue weighted by atomic mass is 9.96. The van der Waals surface area contributed by atoms with E-state index < -0.39 is 6.04 Å². The first kappa shape index (κ1) is 17.5. The Morgan fingerprint density at radius 2 is 1.70 bits per heavy atom. The third-order valence-corrected chi connectivity index (χ3v) is 4.37. The van der Waals surface area contributed by atoms with E-state index in [9.17, 15) is 9.59 Å². The average Bonchev–Trinajstić information content (AvgIpc) is 2.56. The summed E-state index contributed by atoms with van der Waals surface area (Å²) in [6.45, 7) is 3.77. The van der Waals surface area contributed by atoms with Gasteiger partial charge in [-0.1, -0.05) is 49.6 Å². The van der Waals surface area contributed by atoms with Gasteiger partial charge in [0.1, 0.15) is 0 Å². The molecule has 0 radical (unpaired) electrons. The Bertz CT molecular complexity index is 512. The first-order valence-corrected chi connectivity index (χ1v) is 8.48. The number of benzene rings is 1. The number of carbonyl (C=O) groups is 2. The Kier molecular flexibility index (Phi) is 6.59. The lowest BCUT2D eigenvalue weighted by Gasteiger charge is -2.24. The van der Waals surface area contributed by atoms with Crippen LogP contribution in [-0.4, -0.2) is 24.0 Å². The fourth-order valence-electron chi connectivity index (χ4n) is 2.98. The quantitative estimate of drug-likeness (QED) is 0.782. The van der Waals surface area contributed by atoms with Crippen molar-refractivity contribution >= 4 is 11.9 Å². The number of amides is 3. The van der Waals surface area contributed by atoms with Crippen molar-refractivity contribution in [3.05, 3.63) is 35.9 Å². The second-order valence-corrected chi connectivity index (χ2v) is 6.32. The molecule has 0 heterocycles. The molecule has 1 aromatic carbocycles. The standard InChI is InChI=1S/C18H27N3O2/c1-13(15-9-5-3-6-10-15)19-14(2)17(22)21-18(23)20-16-11-7-4-8-12-16/h3,5-6,9-10,13-14,16,19H,4,7-8,11-12H2,1-2H3,(H2,20,21,22,23)/t13-,14+/m0/s1. The number of hydrogen-bond donors (Lipinski definition) is 3. The number of hydrogen-bond acceptors (Lipinski definition) is 3. The molecule has 2 atom stereocenters. The zero-order chi connectivity index (χ0) is 16.7. The Morgan fingerprint density at radius 1 is 1.04 bits per heavy atom. The molecule has 0 spiro atoms. The summed E-state index contributed by atoms with van der Waals surface area (Å²) in [6.07, 6.45) is 5.52. The van der Waals surface area contributed by atoms with E-state index in [2.05, 4.69) is 16.0 Å².